The van der Waals surface area contributed by atoms with Crippen LogP contribution < -0.4 is 9.64 Å². The third-order valence-electron chi connectivity index (χ3n) is 6.76. The van der Waals surface area contributed by atoms with Crippen LogP contribution in [-0.4, -0.2) is 24.2 Å². The number of ketones is 1. The Morgan fingerprint density at radius 3 is 2.30 bits per heavy atom. The number of nitrogens with zero attached hydrogens (tertiary/aromatic N) is 1. The highest BCUT2D eigenvalue weighted by atomic mass is 16.5. The molecule has 4 atom stereocenters. The number of allylic oxidation sites excluding steroid dienone is 2. The number of benzene rings is 2. The zero-order valence-electron chi connectivity index (χ0n) is 17.0. The summed E-state index contributed by atoms with van der Waals surface area (Å²) in [6, 6.07) is 12.5. The molecule has 5 heteroatoms. The van der Waals surface area contributed by atoms with Gasteiger partial charge < -0.3 is 4.74 Å². The number of para-hydroxylation sites is 2. The first-order valence-corrected chi connectivity index (χ1v) is 10.3. The van der Waals surface area contributed by atoms with Crippen molar-refractivity contribution in [3.05, 3.63) is 71.3 Å². The molecule has 2 amide bonds. The van der Waals surface area contributed by atoms with Crippen LogP contribution in [0.15, 0.2) is 54.6 Å². The van der Waals surface area contributed by atoms with Gasteiger partial charge in [0.15, 0.2) is 12.4 Å². The average Bonchev–Trinajstić information content (AvgIpc) is 3.42. The quantitative estimate of drug-likeness (QED) is 0.433. The molecule has 2 bridgehead atoms. The summed E-state index contributed by atoms with van der Waals surface area (Å²) in [5.41, 5.74) is 3.18. The molecule has 1 saturated carbocycles. The minimum absolute atomic E-state index is 0.147. The van der Waals surface area contributed by atoms with Gasteiger partial charge in [0.2, 0.25) is 11.8 Å². The molecular formula is C25H23NO4. The predicted octanol–water partition coefficient (Wildman–Crippen LogP) is 3.88. The van der Waals surface area contributed by atoms with Gasteiger partial charge in [-0.05, 0) is 61.4 Å². The maximum Gasteiger partial charge on any atom is 0.238 e. The summed E-state index contributed by atoms with van der Waals surface area (Å²) in [7, 11) is 0. The zero-order chi connectivity index (χ0) is 21.0. The number of imide groups is 1. The van der Waals surface area contributed by atoms with E-state index in [4.69, 9.17) is 4.74 Å². The molecular weight excluding hydrogens is 378 g/mol. The molecule has 152 valence electrons. The first kappa shape index (κ1) is 18.8. The minimum Gasteiger partial charge on any atom is -0.483 e. The molecule has 0 aromatic heterocycles. The van der Waals surface area contributed by atoms with Crippen LogP contribution >= 0.6 is 0 Å². The third kappa shape index (κ3) is 2.80. The summed E-state index contributed by atoms with van der Waals surface area (Å²) in [4.78, 5) is 40.1. The monoisotopic (exact) mass is 401 g/mol. The second kappa shape index (κ2) is 6.94. The summed E-state index contributed by atoms with van der Waals surface area (Å²) >= 11 is 0. The number of amides is 2. The number of Topliss-reactive ketones (excluding diaryl/α,β-unsaturated/α-hetero) is 1. The number of carbonyl (C=O) groups excluding carboxylic acids is 3. The highest BCUT2D eigenvalue weighted by Crippen LogP contribution is 2.53. The number of fused-ring (bicyclic) bond motifs is 5. The van der Waals surface area contributed by atoms with E-state index in [1.165, 1.54) is 4.90 Å². The zero-order valence-corrected chi connectivity index (χ0v) is 17.0. The fourth-order valence-corrected chi connectivity index (χ4v) is 5.05. The van der Waals surface area contributed by atoms with E-state index in [9.17, 15) is 14.4 Å². The number of hydrogen-bond acceptors (Lipinski definition) is 4. The van der Waals surface area contributed by atoms with E-state index < -0.39 is 0 Å². The van der Waals surface area contributed by atoms with Crippen LogP contribution in [0.25, 0.3) is 0 Å². The van der Waals surface area contributed by atoms with E-state index in [1.807, 2.05) is 26.0 Å². The molecule has 1 aliphatic heterocycles. The van der Waals surface area contributed by atoms with E-state index in [-0.39, 0.29) is 47.9 Å². The van der Waals surface area contributed by atoms with E-state index in [2.05, 4.69) is 12.2 Å². The smallest absolute Gasteiger partial charge is 0.238 e. The van der Waals surface area contributed by atoms with Gasteiger partial charge in [-0.3, -0.25) is 14.4 Å². The standard InChI is InChI=1S/C25H23NO4/c1-14-7-8-16(11-15(14)2)20(27)13-30-21-6-4-3-5-19(21)26-24(28)22-17-9-10-18(12-17)23(22)25(26)29/h3-11,17-18,22-23H,12-13H2,1-2H3. The highest BCUT2D eigenvalue weighted by molar-refractivity contribution is 6.23. The Kier molecular flexibility index (Phi) is 4.35. The van der Waals surface area contributed by atoms with Gasteiger partial charge in [0.05, 0.1) is 17.5 Å². The number of anilines is 1. The maximum absolute atomic E-state index is 13.1. The van der Waals surface area contributed by atoms with Crippen molar-refractivity contribution in [2.45, 2.75) is 20.3 Å². The number of ether oxygens (including phenoxy) is 1. The lowest BCUT2D eigenvalue weighted by molar-refractivity contribution is -0.123. The summed E-state index contributed by atoms with van der Waals surface area (Å²) in [5, 5.41) is 0. The van der Waals surface area contributed by atoms with Gasteiger partial charge in [-0.2, -0.15) is 0 Å². The lowest BCUT2D eigenvalue weighted by atomic mass is 9.85. The van der Waals surface area contributed by atoms with Crippen molar-refractivity contribution in [2.75, 3.05) is 11.5 Å². The van der Waals surface area contributed by atoms with E-state index in [0.29, 0.717) is 17.0 Å². The molecule has 4 unspecified atom stereocenters. The van der Waals surface area contributed by atoms with Crippen molar-refractivity contribution in [2.24, 2.45) is 23.7 Å². The SMILES string of the molecule is Cc1ccc(C(=O)COc2ccccc2N2C(=O)C3C4C=CC(C4)C3C2=O)cc1C. The summed E-state index contributed by atoms with van der Waals surface area (Å²) in [5.74, 6) is -0.309. The van der Waals surface area contributed by atoms with Crippen molar-refractivity contribution in [1.29, 1.82) is 0 Å². The van der Waals surface area contributed by atoms with Crippen LogP contribution in [0, 0.1) is 37.5 Å². The van der Waals surface area contributed by atoms with Crippen molar-refractivity contribution < 1.29 is 19.1 Å². The highest BCUT2D eigenvalue weighted by Gasteiger charge is 2.59. The van der Waals surface area contributed by atoms with Gasteiger partial charge >= 0.3 is 0 Å². The van der Waals surface area contributed by atoms with Crippen molar-refractivity contribution in [3.63, 3.8) is 0 Å². The second-order valence-corrected chi connectivity index (χ2v) is 8.49. The van der Waals surface area contributed by atoms with E-state index in [0.717, 1.165) is 17.5 Å². The number of hydrogen-bond donors (Lipinski definition) is 0. The fourth-order valence-electron chi connectivity index (χ4n) is 5.05. The molecule has 30 heavy (non-hydrogen) atoms. The van der Waals surface area contributed by atoms with E-state index in [1.54, 1.807) is 30.3 Å². The summed E-state index contributed by atoms with van der Waals surface area (Å²) in [6.07, 6.45) is 5.04. The Bertz CT molecular complexity index is 1070. The van der Waals surface area contributed by atoms with Crippen LogP contribution in [0.1, 0.15) is 27.9 Å². The maximum atomic E-state index is 13.1. The molecule has 5 nitrogen and oxygen atoms in total. The van der Waals surface area contributed by atoms with Crippen molar-refractivity contribution in [1.82, 2.24) is 0 Å². The Morgan fingerprint density at radius 2 is 1.63 bits per heavy atom. The van der Waals surface area contributed by atoms with Crippen molar-refractivity contribution >= 4 is 23.3 Å². The Balaban J connectivity index is 1.37. The lowest BCUT2D eigenvalue weighted by Crippen LogP contribution is -2.33. The molecule has 0 N–H and O–H groups in total. The van der Waals surface area contributed by atoms with Crippen LogP contribution in [0.2, 0.25) is 0 Å². The molecule has 1 heterocycles. The van der Waals surface area contributed by atoms with Gasteiger partial charge in [0, 0.05) is 5.56 Å². The van der Waals surface area contributed by atoms with Crippen LogP contribution in [0.5, 0.6) is 5.75 Å². The molecule has 2 aromatic carbocycles. The minimum atomic E-state index is -0.266. The van der Waals surface area contributed by atoms with Crippen LogP contribution in [0.3, 0.4) is 0 Å². The molecule has 2 aliphatic carbocycles. The molecule has 3 aliphatic rings. The first-order valence-electron chi connectivity index (χ1n) is 10.3. The third-order valence-corrected chi connectivity index (χ3v) is 6.76. The largest absolute Gasteiger partial charge is 0.483 e. The molecule has 0 spiro atoms. The Labute approximate surface area is 175 Å². The van der Waals surface area contributed by atoms with Gasteiger partial charge in [-0.15, -0.1) is 0 Å². The lowest BCUT2D eigenvalue weighted by Gasteiger charge is -2.20. The van der Waals surface area contributed by atoms with E-state index >= 15 is 0 Å². The summed E-state index contributed by atoms with van der Waals surface area (Å²) < 4.78 is 5.81. The Morgan fingerprint density at radius 1 is 0.967 bits per heavy atom. The van der Waals surface area contributed by atoms with Gasteiger partial charge in [0.1, 0.15) is 5.75 Å². The van der Waals surface area contributed by atoms with Crippen molar-refractivity contribution in [3.8, 4) is 5.75 Å². The number of aryl methyl sites for hydroxylation is 2. The van der Waals surface area contributed by atoms with Gasteiger partial charge in [-0.1, -0.05) is 36.4 Å². The molecule has 1 saturated heterocycles. The summed E-state index contributed by atoms with van der Waals surface area (Å²) in [6.45, 7) is 3.80. The average molecular weight is 401 g/mol. The molecule has 2 aromatic rings. The molecule has 0 radical (unpaired) electrons. The van der Waals surface area contributed by atoms with Crippen LogP contribution in [-0.2, 0) is 9.59 Å². The first-order chi connectivity index (χ1) is 14.5. The van der Waals surface area contributed by atoms with Gasteiger partial charge in [-0.25, -0.2) is 4.90 Å². The second-order valence-electron chi connectivity index (χ2n) is 8.49. The fraction of sp³-hybridized carbons (Fsp3) is 0.320. The normalized spacial score (nSPS) is 26.4. The molecule has 2 fully saturated rings. The number of rotatable bonds is 5. The molecule has 5 rings (SSSR count). The van der Waals surface area contributed by atoms with Gasteiger partial charge in [0.25, 0.3) is 0 Å². The topological polar surface area (TPSA) is 63.7 Å². The predicted molar refractivity (Wildman–Crippen MR) is 112 cm³/mol. The van der Waals surface area contributed by atoms with Crippen LogP contribution in [0.4, 0.5) is 5.69 Å². The number of carbonyl (C=O) groups is 3. The Hall–Kier alpha value is -3.21.